The van der Waals surface area contributed by atoms with Crippen LogP contribution in [0.25, 0.3) is 0 Å². The molecule has 0 saturated heterocycles. The van der Waals surface area contributed by atoms with Gasteiger partial charge in [0.05, 0.1) is 18.2 Å². The van der Waals surface area contributed by atoms with E-state index < -0.39 is 12.2 Å². The minimum Gasteiger partial charge on any atom is -0.391 e. The van der Waals surface area contributed by atoms with E-state index in [4.69, 9.17) is 5.11 Å². The van der Waals surface area contributed by atoms with E-state index >= 15 is 0 Å². The lowest BCUT2D eigenvalue weighted by atomic mass is 10.0. The van der Waals surface area contributed by atoms with Crippen LogP contribution in [-0.2, 0) is 4.79 Å². The van der Waals surface area contributed by atoms with Gasteiger partial charge in [0.25, 0.3) is 0 Å². The van der Waals surface area contributed by atoms with Crippen LogP contribution in [0.15, 0.2) is 0 Å². The molecule has 0 saturated carbocycles. The Morgan fingerprint density at radius 1 is 1.46 bits per heavy atom. The number of hydrogen-bond donors (Lipinski definition) is 3. The fourth-order valence-corrected chi connectivity index (χ4v) is 1.24. The van der Waals surface area contributed by atoms with Crippen molar-refractivity contribution in [2.75, 3.05) is 0 Å². The summed E-state index contributed by atoms with van der Waals surface area (Å²) in [6.45, 7) is 4.87. The molecule has 0 aromatic carbocycles. The number of carbonyl (C=O) groups excluding carboxylic acids is 1. The predicted molar refractivity (Wildman–Crippen MR) is 50.2 cm³/mol. The number of hydrogen-bond acceptors (Lipinski definition) is 3. The maximum Gasteiger partial charge on any atom is 0.217 e. The van der Waals surface area contributed by atoms with Crippen LogP contribution in [0.1, 0.15) is 33.6 Å². The van der Waals surface area contributed by atoms with Gasteiger partial charge in [0.2, 0.25) is 5.91 Å². The minimum absolute atomic E-state index is 0.182. The number of aliphatic hydroxyl groups is 2. The second-order valence-electron chi connectivity index (χ2n) is 3.33. The first kappa shape index (κ1) is 12.4. The molecule has 0 rings (SSSR count). The maximum atomic E-state index is 10.8. The molecule has 0 aliphatic rings. The van der Waals surface area contributed by atoms with Gasteiger partial charge >= 0.3 is 0 Å². The van der Waals surface area contributed by atoms with Gasteiger partial charge in [-0.05, 0) is 13.3 Å². The minimum atomic E-state index is -0.885. The van der Waals surface area contributed by atoms with Crippen LogP contribution in [0, 0.1) is 0 Å². The summed E-state index contributed by atoms with van der Waals surface area (Å²) in [5, 5.41) is 21.2. The largest absolute Gasteiger partial charge is 0.391 e. The summed E-state index contributed by atoms with van der Waals surface area (Å²) in [7, 11) is 0. The SMILES string of the molecule is CCC[C@H](NC(C)=O)[C@H](O)[C@@H](C)O. The Hall–Kier alpha value is -0.610. The van der Waals surface area contributed by atoms with Crippen molar-refractivity contribution in [3.63, 3.8) is 0 Å². The van der Waals surface area contributed by atoms with Crippen LogP contribution in [0.5, 0.6) is 0 Å². The number of rotatable bonds is 5. The molecule has 0 fully saturated rings. The fraction of sp³-hybridized carbons (Fsp3) is 0.889. The third-order valence-electron chi connectivity index (χ3n) is 1.89. The van der Waals surface area contributed by atoms with Crippen molar-refractivity contribution >= 4 is 5.91 Å². The summed E-state index contributed by atoms with van der Waals surface area (Å²) in [4.78, 5) is 10.8. The smallest absolute Gasteiger partial charge is 0.217 e. The molecule has 0 aromatic heterocycles. The Kier molecular flexibility index (Phi) is 5.66. The Labute approximate surface area is 79.0 Å². The van der Waals surface area contributed by atoms with Gasteiger partial charge in [-0.25, -0.2) is 0 Å². The van der Waals surface area contributed by atoms with Crippen molar-refractivity contribution in [3.05, 3.63) is 0 Å². The van der Waals surface area contributed by atoms with Crippen molar-refractivity contribution in [1.29, 1.82) is 0 Å². The van der Waals surface area contributed by atoms with Gasteiger partial charge in [-0.2, -0.15) is 0 Å². The maximum absolute atomic E-state index is 10.8. The molecular weight excluding hydrogens is 170 g/mol. The molecule has 0 aliphatic carbocycles. The van der Waals surface area contributed by atoms with Gasteiger partial charge in [-0.3, -0.25) is 4.79 Å². The molecule has 0 bridgehead atoms. The highest BCUT2D eigenvalue weighted by Gasteiger charge is 2.22. The number of nitrogens with one attached hydrogen (secondary N) is 1. The topological polar surface area (TPSA) is 69.6 Å². The number of amides is 1. The number of carbonyl (C=O) groups is 1. The highest BCUT2D eigenvalue weighted by atomic mass is 16.3. The lowest BCUT2D eigenvalue weighted by Gasteiger charge is -2.25. The van der Waals surface area contributed by atoms with E-state index in [1.54, 1.807) is 0 Å². The summed E-state index contributed by atoms with van der Waals surface area (Å²) < 4.78 is 0. The zero-order chi connectivity index (χ0) is 10.4. The number of aliphatic hydroxyl groups excluding tert-OH is 2. The van der Waals surface area contributed by atoms with E-state index in [-0.39, 0.29) is 11.9 Å². The average Bonchev–Trinajstić information content (AvgIpc) is 2.01. The molecule has 4 nitrogen and oxygen atoms in total. The molecule has 0 heterocycles. The van der Waals surface area contributed by atoms with Crippen molar-refractivity contribution in [3.8, 4) is 0 Å². The third-order valence-corrected chi connectivity index (χ3v) is 1.89. The standard InChI is InChI=1S/C9H19NO3/c1-4-5-8(10-7(3)12)9(13)6(2)11/h6,8-9,11,13H,4-5H2,1-3H3,(H,10,12)/t6-,8+,9-/m1/s1. The van der Waals surface area contributed by atoms with Crippen molar-refractivity contribution in [2.24, 2.45) is 0 Å². The predicted octanol–water partition coefficient (Wildman–Crippen LogP) is 0.0329. The van der Waals surface area contributed by atoms with Gasteiger partial charge < -0.3 is 15.5 Å². The summed E-state index contributed by atoms with van der Waals surface area (Å²) in [5.41, 5.74) is 0. The van der Waals surface area contributed by atoms with Crippen LogP contribution >= 0.6 is 0 Å². The zero-order valence-corrected chi connectivity index (χ0v) is 8.45. The van der Waals surface area contributed by atoms with E-state index in [9.17, 15) is 9.90 Å². The van der Waals surface area contributed by atoms with E-state index in [2.05, 4.69) is 5.32 Å². The fourth-order valence-electron chi connectivity index (χ4n) is 1.24. The molecule has 78 valence electrons. The molecular formula is C9H19NO3. The van der Waals surface area contributed by atoms with Crippen LogP contribution in [0.4, 0.5) is 0 Å². The van der Waals surface area contributed by atoms with Gasteiger partial charge in [0.1, 0.15) is 0 Å². The van der Waals surface area contributed by atoms with Gasteiger partial charge in [-0.1, -0.05) is 13.3 Å². The molecule has 1 amide bonds. The first-order chi connectivity index (χ1) is 5.99. The van der Waals surface area contributed by atoms with E-state index in [1.165, 1.54) is 13.8 Å². The van der Waals surface area contributed by atoms with Crippen LogP contribution in [0.3, 0.4) is 0 Å². The molecule has 0 aliphatic heterocycles. The lowest BCUT2D eigenvalue weighted by molar-refractivity contribution is -0.121. The Morgan fingerprint density at radius 3 is 2.31 bits per heavy atom. The van der Waals surface area contributed by atoms with E-state index in [1.807, 2.05) is 6.92 Å². The first-order valence-corrected chi connectivity index (χ1v) is 4.62. The Bertz CT molecular complexity index is 159. The monoisotopic (exact) mass is 189 g/mol. The van der Waals surface area contributed by atoms with Crippen LogP contribution in [-0.4, -0.2) is 34.4 Å². The van der Waals surface area contributed by atoms with E-state index in [0.717, 1.165) is 6.42 Å². The lowest BCUT2D eigenvalue weighted by Crippen LogP contribution is -2.47. The summed E-state index contributed by atoms with van der Waals surface area (Å²) in [5.74, 6) is -0.182. The molecule has 3 atom stereocenters. The van der Waals surface area contributed by atoms with E-state index in [0.29, 0.717) is 6.42 Å². The van der Waals surface area contributed by atoms with Crippen molar-refractivity contribution in [2.45, 2.75) is 51.9 Å². The van der Waals surface area contributed by atoms with Crippen LogP contribution in [0.2, 0.25) is 0 Å². The van der Waals surface area contributed by atoms with Gasteiger partial charge in [-0.15, -0.1) is 0 Å². The summed E-state index contributed by atoms with van der Waals surface area (Å²) in [6.07, 6.45) is -0.173. The van der Waals surface area contributed by atoms with Crippen LogP contribution < -0.4 is 5.32 Å². The Morgan fingerprint density at radius 2 is 2.00 bits per heavy atom. The summed E-state index contributed by atoms with van der Waals surface area (Å²) >= 11 is 0. The summed E-state index contributed by atoms with van der Waals surface area (Å²) in [6, 6.07) is -0.345. The average molecular weight is 189 g/mol. The first-order valence-electron chi connectivity index (χ1n) is 4.62. The normalized spacial score (nSPS) is 17.6. The molecule has 4 heteroatoms. The van der Waals surface area contributed by atoms with Crippen molar-refractivity contribution < 1.29 is 15.0 Å². The third kappa shape index (κ3) is 4.85. The Balaban J connectivity index is 4.14. The second kappa shape index (κ2) is 5.94. The molecule has 3 N–H and O–H groups in total. The molecule has 13 heavy (non-hydrogen) atoms. The molecule has 0 aromatic rings. The van der Waals surface area contributed by atoms with Gasteiger partial charge in [0, 0.05) is 6.92 Å². The molecule has 0 radical (unpaired) electrons. The second-order valence-corrected chi connectivity index (χ2v) is 3.33. The highest BCUT2D eigenvalue weighted by Crippen LogP contribution is 2.06. The van der Waals surface area contributed by atoms with Gasteiger partial charge in [0.15, 0.2) is 0 Å². The highest BCUT2D eigenvalue weighted by molar-refractivity contribution is 5.73. The van der Waals surface area contributed by atoms with Crippen molar-refractivity contribution in [1.82, 2.24) is 5.32 Å². The molecule has 0 unspecified atom stereocenters. The quantitative estimate of drug-likeness (QED) is 0.571. The zero-order valence-electron chi connectivity index (χ0n) is 8.45. The molecule has 0 spiro atoms.